The van der Waals surface area contributed by atoms with Gasteiger partial charge in [0, 0.05) is 11.5 Å². The summed E-state index contributed by atoms with van der Waals surface area (Å²) in [7, 11) is 0. The van der Waals surface area contributed by atoms with E-state index in [9.17, 15) is 4.79 Å². The van der Waals surface area contributed by atoms with E-state index >= 15 is 0 Å². The Bertz CT molecular complexity index is 407. The van der Waals surface area contributed by atoms with Gasteiger partial charge in [0.1, 0.15) is 0 Å². The Morgan fingerprint density at radius 2 is 1.88 bits per heavy atom. The van der Waals surface area contributed by atoms with Gasteiger partial charge in [0.15, 0.2) is 5.78 Å². The van der Waals surface area contributed by atoms with Gasteiger partial charge >= 0.3 is 0 Å². The number of Topliss-reactive ketones (excluding diaryl/α,β-unsaturated/α-hetero) is 1. The summed E-state index contributed by atoms with van der Waals surface area (Å²) in [6.07, 6.45) is 3.29. The van der Waals surface area contributed by atoms with Gasteiger partial charge in [-0.2, -0.15) is 0 Å². The van der Waals surface area contributed by atoms with E-state index in [-0.39, 0.29) is 5.92 Å². The molecule has 16 heavy (non-hydrogen) atoms. The molecule has 84 valence electrons. The van der Waals surface area contributed by atoms with Crippen molar-refractivity contribution in [3.63, 3.8) is 0 Å². The largest absolute Gasteiger partial charge is 0.317 e. The van der Waals surface area contributed by atoms with Crippen molar-refractivity contribution in [1.29, 1.82) is 0 Å². The molecule has 3 rings (SSSR count). The van der Waals surface area contributed by atoms with Crippen LogP contribution in [0.1, 0.15) is 28.8 Å². The zero-order valence-corrected chi connectivity index (χ0v) is 9.41. The van der Waals surface area contributed by atoms with Gasteiger partial charge in [-0.1, -0.05) is 24.3 Å². The monoisotopic (exact) mass is 215 g/mol. The third kappa shape index (κ3) is 1.57. The lowest BCUT2D eigenvalue weighted by Crippen LogP contribution is -2.33. The molecule has 0 amide bonds. The van der Waals surface area contributed by atoms with E-state index in [0.29, 0.717) is 11.7 Å². The zero-order chi connectivity index (χ0) is 11.0. The highest BCUT2D eigenvalue weighted by atomic mass is 16.1. The summed E-state index contributed by atoms with van der Waals surface area (Å²) in [4.78, 5) is 12.3. The number of hydrogen-bond donors (Lipinski definition) is 1. The average molecular weight is 215 g/mol. The van der Waals surface area contributed by atoms with Gasteiger partial charge in [0.05, 0.1) is 0 Å². The first kappa shape index (κ1) is 10.0. The Labute approximate surface area is 96.1 Å². The minimum atomic E-state index is 0.263. The number of nitrogens with one attached hydrogen (secondary N) is 1. The number of ketones is 1. The number of rotatable bonds is 1. The zero-order valence-electron chi connectivity index (χ0n) is 9.41. The van der Waals surface area contributed by atoms with Crippen molar-refractivity contribution < 1.29 is 4.79 Å². The second-order valence-electron chi connectivity index (χ2n) is 4.92. The van der Waals surface area contributed by atoms with E-state index in [4.69, 9.17) is 0 Å². The van der Waals surface area contributed by atoms with Crippen LogP contribution in [0.25, 0.3) is 0 Å². The number of fused-ring (bicyclic) bond motifs is 1. The van der Waals surface area contributed by atoms with Crippen molar-refractivity contribution in [3.8, 4) is 0 Å². The van der Waals surface area contributed by atoms with Crippen LogP contribution in [0.3, 0.4) is 0 Å². The molecule has 2 nitrogen and oxygen atoms in total. The van der Waals surface area contributed by atoms with E-state index < -0.39 is 0 Å². The SMILES string of the molecule is O=C1c2ccccc2CC1C1CCNCC1. The molecule has 0 saturated carbocycles. The molecule has 1 aliphatic heterocycles. The molecule has 1 fully saturated rings. The quantitative estimate of drug-likeness (QED) is 0.776. The maximum atomic E-state index is 12.3. The Balaban J connectivity index is 1.83. The number of carbonyl (C=O) groups is 1. The van der Waals surface area contributed by atoms with Crippen LogP contribution in [0, 0.1) is 11.8 Å². The third-order valence-electron chi connectivity index (χ3n) is 4.01. The molecular formula is C14H17NO. The molecule has 1 N–H and O–H groups in total. The van der Waals surface area contributed by atoms with Crippen molar-refractivity contribution in [1.82, 2.24) is 5.32 Å². The molecule has 0 radical (unpaired) electrons. The van der Waals surface area contributed by atoms with Crippen molar-refractivity contribution in [2.45, 2.75) is 19.3 Å². The highest BCUT2D eigenvalue weighted by Gasteiger charge is 2.36. The van der Waals surface area contributed by atoms with Gasteiger partial charge in [0.2, 0.25) is 0 Å². The van der Waals surface area contributed by atoms with Gasteiger partial charge in [0.25, 0.3) is 0 Å². The van der Waals surface area contributed by atoms with Crippen LogP contribution in [0.4, 0.5) is 0 Å². The van der Waals surface area contributed by atoms with Crippen LogP contribution in [-0.4, -0.2) is 18.9 Å². The van der Waals surface area contributed by atoms with Gasteiger partial charge in [-0.3, -0.25) is 4.79 Å². The third-order valence-corrected chi connectivity index (χ3v) is 4.01. The van der Waals surface area contributed by atoms with Crippen molar-refractivity contribution in [3.05, 3.63) is 35.4 Å². The van der Waals surface area contributed by atoms with E-state index in [1.165, 1.54) is 5.56 Å². The fourth-order valence-corrected chi connectivity index (χ4v) is 3.10. The molecule has 1 aromatic rings. The fraction of sp³-hybridized carbons (Fsp3) is 0.500. The second-order valence-corrected chi connectivity index (χ2v) is 4.92. The lowest BCUT2D eigenvalue weighted by Gasteiger charge is -2.26. The molecule has 2 heteroatoms. The lowest BCUT2D eigenvalue weighted by molar-refractivity contribution is 0.0874. The van der Waals surface area contributed by atoms with Gasteiger partial charge in [-0.05, 0) is 43.8 Å². The van der Waals surface area contributed by atoms with Crippen molar-refractivity contribution >= 4 is 5.78 Å². The van der Waals surface area contributed by atoms with Crippen LogP contribution in [0.15, 0.2) is 24.3 Å². The van der Waals surface area contributed by atoms with Crippen LogP contribution < -0.4 is 5.32 Å². The summed E-state index contributed by atoms with van der Waals surface area (Å²) < 4.78 is 0. The smallest absolute Gasteiger partial charge is 0.166 e. The normalized spacial score (nSPS) is 25.8. The summed E-state index contributed by atoms with van der Waals surface area (Å²) in [6.45, 7) is 2.15. The minimum Gasteiger partial charge on any atom is -0.317 e. The lowest BCUT2D eigenvalue weighted by atomic mass is 9.82. The second kappa shape index (κ2) is 4.02. The summed E-state index contributed by atoms with van der Waals surface area (Å²) in [5, 5.41) is 3.36. The maximum Gasteiger partial charge on any atom is 0.166 e. The molecule has 1 heterocycles. The first-order valence-electron chi connectivity index (χ1n) is 6.19. The molecule has 1 aliphatic carbocycles. The van der Waals surface area contributed by atoms with Gasteiger partial charge in [-0.25, -0.2) is 0 Å². The van der Waals surface area contributed by atoms with Crippen molar-refractivity contribution in [2.75, 3.05) is 13.1 Å². The highest BCUT2D eigenvalue weighted by molar-refractivity contribution is 6.02. The number of piperidine rings is 1. The Hall–Kier alpha value is -1.15. The standard InChI is InChI=1S/C14H17NO/c16-14-12-4-2-1-3-11(12)9-13(14)10-5-7-15-8-6-10/h1-4,10,13,15H,5-9H2. The average Bonchev–Trinajstić information content (AvgIpc) is 2.69. The first-order valence-corrected chi connectivity index (χ1v) is 6.19. The minimum absolute atomic E-state index is 0.263. The Morgan fingerprint density at radius 3 is 2.62 bits per heavy atom. The first-order chi connectivity index (χ1) is 7.86. The molecule has 0 bridgehead atoms. The summed E-state index contributed by atoms with van der Waals surface area (Å²) >= 11 is 0. The molecular weight excluding hydrogens is 198 g/mol. The van der Waals surface area contributed by atoms with Gasteiger partial charge in [-0.15, -0.1) is 0 Å². The predicted octanol–water partition coefficient (Wildman–Crippen LogP) is 2.04. The maximum absolute atomic E-state index is 12.3. The van der Waals surface area contributed by atoms with Crippen molar-refractivity contribution in [2.24, 2.45) is 11.8 Å². The molecule has 1 saturated heterocycles. The Kier molecular flexibility index (Phi) is 2.52. The fourth-order valence-electron chi connectivity index (χ4n) is 3.10. The van der Waals surface area contributed by atoms with E-state index in [0.717, 1.165) is 37.9 Å². The molecule has 2 aliphatic rings. The predicted molar refractivity (Wildman–Crippen MR) is 63.6 cm³/mol. The number of hydrogen-bond acceptors (Lipinski definition) is 2. The van der Waals surface area contributed by atoms with Gasteiger partial charge < -0.3 is 5.32 Å². The van der Waals surface area contributed by atoms with Crippen LogP contribution in [-0.2, 0) is 6.42 Å². The van der Waals surface area contributed by atoms with Crippen LogP contribution in [0.2, 0.25) is 0 Å². The van der Waals surface area contributed by atoms with E-state index in [1.54, 1.807) is 0 Å². The Morgan fingerprint density at radius 1 is 1.12 bits per heavy atom. The van der Waals surface area contributed by atoms with E-state index in [1.807, 2.05) is 18.2 Å². The highest BCUT2D eigenvalue weighted by Crippen LogP contribution is 2.35. The molecule has 0 aromatic heterocycles. The number of benzene rings is 1. The number of carbonyl (C=O) groups excluding carboxylic acids is 1. The van der Waals surface area contributed by atoms with Crippen LogP contribution in [0.5, 0.6) is 0 Å². The molecule has 1 aromatic carbocycles. The summed E-state index contributed by atoms with van der Waals surface area (Å²) in [5.41, 5.74) is 2.24. The summed E-state index contributed by atoms with van der Waals surface area (Å²) in [6, 6.07) is 8.10. The molecule has 1 unspecified atom stereocenters. The molecule has 0 spiro atoms. The van der Waals surface area contributed by atoms with E-state index in [2.05, 4.69) is 11.4 Å². The summed E-state index contributed by atoms with van der Waals surface area (Å²) in [5.74, 6) is 1.25. The van der Waals surface area contributed by atoms with Crippen LogP contribution >= 0.6 is 0 Å². The topological polar surface area (TPSA) is 29.1 Å². The molecule has 1 atom stereocenters.